The Bertz CT molecular complexity index is 2630. The van der Waals surface area contributed by atoms with Crippen molar-refractivity contribution in [3.05, 3.63) is 118 Å². The van der Waals surface area contributed by atoms with Gasteiger partial charge < -0.3 is 14.2 Å². The normalized spacial score (nSPS) is 20.0. The zero-order valence-electron chi connectivity index (χ0n) is 36.7. The number of amides is 3. The van der Waals surface area contributed by atoms with E-state index >= 15 is 0 Å². The first-order chi connectivity index (χ1) is 29.1. The van der Waals surface area contributed by atoms with Gasteiger partial charge in [0.1, 0.15) is 0 Å². The smallest absolute Gasteiger partial charge is 0.329 e. The lowest BCUT2D eigenvalue weighted by molar-refractivity contribution is -0.132. The van der Waals surface area contributed by atoms with Crippen LogP contribution in [0.3, 0.4) is 0 Å². The summed E-state index contributed by atoms with van der Waals surface area (Å²) in [5, 5.41) is 22.0. The van der Waals surface area contributed by atoms with E-state index in [9.17, 15) is 14.7 Å². The van der Waals surface area contributed by atoms with Crippen molar-refractivity contribution in [3.63, 3.8) is 0 Å². The second-order valence-corrected chi connectivity index (χ2v) is 17.5. The van der Waals surface area contributed by atoms with Crippen LogP contribution >= 0.6 is 0 Å². The molecule has 3 atom stereocenters. The highest BCUT2D eigenvalue weighted by Gasteiger charge is 2.45. The number of urea groups is 1. The average Bonchev–Trinajstić information content (AvgIpc) is 3.74. The molecule has 60 heavy (non-hydrogen) atoms. The molecule has 2 fully saturated rings. The fourth-order valence-electron chi connectivity index (χ4n) is 10.3. The molecule has 1 saturated heterocycles. The van der Waals surface area contributed by atoms with Gasteiger partial charge in [0.15, 0.2) is 6.23 Å². The Morgan fingerprint density at radius 3 is 1.60 bits per heavy atom. The maximum atomic E-state index is 14.9. The maximum Gasteiger partial charge on any atom is 0.329 e. The number of unbranched alkanes of at least 4 members (excludes halogenated alkanes) is 1. The van der Waals surface area contributed by atoms with Crippen molar-refractivity contribution in [2.45, 2.75) is 131 Å². The van der Waals surface area contributed by atoms with E-state index in [1.807, 2.05) is 13.8 Å². The fraction of sp³-hybridized carbons (Fsp3) is 0.396. The van der Waals surface area contributed by atoms with Gasteiger partial charge in [0.25, 0.3) is 5.91 Å². The standard InChI is InChI=1S/C53H62N4O3/c1-8-11-33-54-51(58)50(52(59)55(34(4)5)53(54)60)47-39(29-31-43-41-25-13-21-37-23-15-27-45(48(37)41)56(43)35(6)17-9-2)19-12-20-40(47)30-32-44-42-26-14-22-38-24-16-28-46(49(38)42)57(44)36(7)18-10-3/h13-16,21-32,34-36,51,58H,8-12,17-20,33H2,1-7H3/b39-29+,40-30+,43-31+,44-32+,50-47?. The number of hydrogen-bond donors (Lipinski definition) is 1. The summed E-state index contributed by atoms with van der Waals surface area (Å²) in [6.45, 7) is 15.3. The third-order valence-corrected chi connectivity index (χ3v) is 13.1. The first kappa shape index (κ1) is 41.3. The molecule has 0 bridgehead atoms. The topological polar surface area (TPSA) is 70.7 Å². The van der Waals surface area contributed by atoms with Crippen LogP contribution in [-0.4, -0.2) is 54.8 Å². The molecule has 7 heteroatoms. The number of aliphatic hydroxyl groups is 1. The minimum absolute atomic E-state index is 0.279. The van der Waals surface area contributed by atoms with Crippen LogP contribution in [0.25, 0.3) is 55.5 Å². The van der Waals surface area contributed by atoms with Gasteiger partial charge in [0, 0.05) is 67.9 Å². The molecule has 1 N–H and O–H groups in total. The summed E-state index contributed by atoms with van der Waals surface area (Å²) < 4.78 is 4.98. The zero-order chi connectivity index (χ0) is 42.2. The second kappa shape index (κ2) is 17.3. The number of nitrogens with zero attached hydrogens (tertiary/aromatic N) is 4. The highest BCUT2D eigenvalue weighted by molar-refractivity contribution is 6.12. The molecular weight excluding hydrogens is 741 g/mol. The molecule has 6 aromatic rings. The average molecular weight is 803 g/mol. The van der Waals surface area contributed by atoms with E-state index in [4.69, 9.17) is 0 Å². The largest absolute Gasteiger partial charge is 0.369 e. The molecule has 1 aliphatic heterocycles. The Morgan fingerprint density at radius 1 is 0.667 bits per heavy atom. The van der Waals surface area contributed by atoms with Crippen LogP contribution in [0, 0.1) is 0 Å². The van der Waals surface area contributed by atoms with Crippen molar-refractivity contribution in [1.82, 2.24) is 18.9 Å². The van der Waals surface area contributed by atoms with Crippen molar-refractivity contribution < 1.29 is 14.7 Å². The summed E-state index contributed by atoms with van der Waals surface area (Å²) in [6, 6.07) is 26.0. The number of imide groups is 1. The van der Waals surface area contributed by atoms with E-state index in [2.05, 4.69) is 141 Å². The van der Waals surface area contributed by atoms with E-state index in [0.29, 0.717) is 12.1 Å². The van der Waals surface area contributed by atoms with Crippen molar-refractivity contribution >= 4 is 67.4 Å². The van der Waals surface area contributed by atoms with E-state index in [-0.39, 0.29) is 18.1 Å². The van der Waals surface area contributed by atoms with Crippen LogP contribution in [0.5, 0.6) is 0 Å². The fourth-order valence-corrected chi connectivity index (χ4v) is 10.3. The molecule has 1 aliphatic carbocycles. The molecule has 8 rings (SSSR count). The molecule has 312 valence electrons. The molecule has 3 amide bonds. The number of hydrogen-bond acceptors (Lipinski definition) is 3. The van der Waals surface area contributed by atoms with Crippen molar-refractivity contribution in [2.24, 2.45) is 0 Å². The van der Waals surface area contributed by atoms with Crippen LogP contribution in [0.4, 0.5) is 4.79 Å². The number of rotatable bonds is 12. The third-order valence-electron chi connectivity index (χ3n) is 13.1. The molecule has 1 saturated carbocycles. The number of aliphatic hydroxyl groups excluding tert-OH is 1. The van der Waals surface area contributed by atoms with Crippen LogP contribution < -0.4 is 10.7 Å². The number of allylic oxidation sites excluding steroid dienone is 5. The summed E-state index contributed by atoms with van der Waals surface area (Å²) in [5.41, 5.74) is 5.55. The SMILES string of the molecule is CCCCN1C(=O)N(C(C)C)C(=O)C(=C2/C(=C/C=c3\c4cccc5cccc(c54)n3C(C)CCC)CCC/C2=C\C=c2/c3cccc4cccc(c43)n2C(C)CCC)C1O. The maximum absolute atomic E-state index is 14.9. The van der Waals surface area contributed by atoms with E-state index < -0.39 is 18.2 Å². The van der Waals surface area contributed by atoms with Gasteiger partial charge in [-0.1, -0.05) is 113 Å². The van der Waals surface area contributed by atoms with E-state index in [0.717, 1.165) is 85.2 Å². The molecule has 3 heterocycles. The molecule has 7 nitrogen and oxygen atoms in total. The molecule has 2 aliphatic rings. The highest BCUT2D eigenvalue weighted by Crippen LogP contribution is 2.40. The third kappa shape index (κ3) is 7.08. The van der Waals surface area contributed by atoms with E-state index in [1.165, 1.54) is 53.2 Å². The van der Waals surface area contributed by atoms with Gasteiger partial charge in [-0.2, -0.15) is 0 Å². The lowest BCUT2D eigenvalue weighted by Gasteiger charge is -2.42. The summed E-state index contributed by atoms with van der Waals surface area (Å²) in [4.78, 5) is 31.7. The number of carbonyl (C=O) groups excluding carboxylic acids is 2. The molecular formula is C53H62N4O3. The van der Waals surface area contributed by atoms with Gasteiger partial charge in [0.05, 0.1) is 5.57 Å². The van der Waals surface area contributed by atoms with Gasteiger partial charge in [-0.25, -0.2) is 4.79 Å². The van der Waals surface area contributed by atoms with Gasteiger partial charge in [-0.3, -0.25) is 14.6 Å². The first-order valence-corrected chi connectivity index (χ1v) is 22.6. The number of carbonyl (C=O) groups is 2. The molecule has 3 unspecified atom stereocenters. The Balaban J connectivity index is 1.42. The second-order valence-electron chi connectivity index (χ2n) is 17.5. The lowest BCUT2D eigenvalue weighted by Crippen LogP contribution is -2.60. The molecule has 4 aromatic carbocycles. The minimum atomic E-state index is -1.36. The van der Waals surface area contributed by atoms with Crippen LogP contribution in [0.2, 0.25) is 0 Å². The number of benzene rings is 4. The summed E-state index contributed by atoms with van der Waals surface area (Å²) in [6.07, 6.45) is 15.8. The van der Waals surface area contributed by atoms with Crippen molar-refractivity contribution in [1.29, 1.82) is 0 Å². The Labute approximate surface area is 355 Å². The van der Waals surface area contributed by atoms with E-state index in [1.54, 1.807) is 0 Å². The quantitative estimate of drug-likeness (QED) is 0.125. The van der Waals surface area contributed by atoms with Gasteiger partial charge in [0.2, 0.25) is 0 Å². The van der Waals surface area contributed by atoms with Gasteiger partial charge in [-0.15, -0.1) is 0 Å². The minimum Gasteiger partial charge on any atom is -0.369 e. The molecule has 0 radical (unpaired) electrons. The van der Waals surface area contributed by atoms with Crippen molar-refractivity contribution in [2.75, 3.05) is 6.54 Å². The summed E-state index contributed by atoms with van der Waals surface area (Å²) in [7, 11) is 0. The van der Waals surface area contributed by atoms with Gasteiger partial charge >= 0.3 is 6.03 Å². The highest BCUT2D eigenvalue weighted by atomic mass is 16.3. The van der Waals surface area contributed by atoms with Crippen LogP contribution in [-0.2, 0) is 4.79 Å². The summed E-state index contributed by atoms with van der Waals surface area (Å²) in [5.74, 6) is -0.406. The molecule has 2 aromatic heterocycles. The molecule has 0 spiro atoms. The van der Waals surface area contributed by atoms with Crippen LogP contribution in [0.1, 0.15) is 118 Å². The van der Waals surface area contributed by atoms with Crippen LogP contribution in [0.15, 0.2) is 107 Å². The Morgan fingerprint density at radius 2 is 1.15 bits per heavy atom. The Hall–Kier alpha value is -5.40. The van der Waals surface area contributed by atoms with Gasteiger partial charge in [-0.05, 0) is 118 Å². The number of aromatic nitrogens is 2. The predicted molar refractivity (Wildman–Crippen MR) is 250 cm³/mol. The van der Waals surface area contributed by atoms with Crippen molar-refractivity contribution in [3.8, 4) is 0 Å². The Kier molecular flexibility index (Phi) is 11.9. The monoisotopic (exact) mass is 802 g/mol. The first-order valence-electron chi connectivity index (χ1n) is 22.6. The zero-order valence-corrected chi connectivity index (χ0v) is 36.7. The summed E-state index contributed by atoms with van der Waals surface area (Å²) >= 11 is 0. The lowest BCUT2D eigenvalue weighted by atomic mass is 9.80. The predicted octanol–water partition coefficient (Wildman–Crippen LogP) is 11.4.